The van der Waals surface area contributed by atoms with Gasteiger partial charge in [-0.15, -0.1) is 0 Å². The van der Waals surface area contributed by atoms with Crippen LogP contribution in [0.3, 0.4) is 0 Å². The van der Waals surface area contributed by atoms with Crippen LogP contribution in [0.2, 0.25) is 0 Å². The topological polar surface area (TPSA) is 111 Å². The molecular weight excluding hydrogens is 398 g/mol. The average molecular weight is 414 g/mol. The number of para-hydroxylation sites is 1. The molecule has 2 aromatic carbocycles. The second kappa shape index (κ2) is 8.76. The lowest BCUT2D eigenvalue weighted by Gasteiger charge is -2.11. The second-order valence-corrected chi connectivity index (χ2v) is 7.15. The molecule has 0 aromatic heterocycles. The molecule has 8 nitrogen and oxygen atoms in total. The van der Waals surface area contributed by atoms with Gasteiger partial charge in [0.1, 0.15) is 28.0 Å². The third kappa shape index (κ3) is 4.81. The maximum Gasteiger partial charge on any atom is 0.338 e. The third-order valence-corrected chi connectivity index (χ3v) is 4.95. The highest BCUT2D eigenvalue weighted by Gasteiger charge is 2.21. The van der Waals surface area contributed by atoms with Crippen LogP contribution >= 0.6 is 0 Å². The maximum atomic E-state index is 13.5. The predicted molar refractivity (Wildman–Crippen MR) is 94.5 cm³/mol. The van der Waals surface area contributed by atoms with Gasteiger partial charge >= 0.3 is 5.97 Å². The van der Waals surface area contributed by atoms with Crippen LogP contribution in [0, 0.1) is 11.6 Å². The zero-order valence-corrected chi connectivity index (χ0v) is 15.6. The van der Waals surface area contributed by atoms with E-state index >= 15 is 0 Å². The smallest absolute Gasteiger partial charge is 0.338 e. The Kier molecular flexibility index (Phi) is 6.65. The number of ether oxygens (including phenoxy) is 2. The highest BCUT2D eigenvalue weighted by atomic mass is 32.2. The molecule has 2 aromatic rings. The zero-order valence-electron chi connectivity index (χ0n) is 14.8. The van der Waals surface area contributed by atoms with Crippen molar-refractivity contribution in [3.05, 3.63) is 53.6 Å². The summed E-state index contributed by atoms with van der Waals surface area (Å²) in [7, 11) is -1.48. The SMILES string of the molecule is CNS(=O)(=O)c1cc(C(=O)OCC(=O)Nc2c(F)cccc2F)ccc1OC. The number of carbonyl (C=O) groups excluding carboxylic acids is 2. The van der Waals surface area contributed by atoms with Gasteiger partial charge in [0.2, 0.25) is 10.0 Å². The lowest BCUT2D eigenvalue weighted by atomic mass is 10.2. The minimum atomic E-state index is -3.92. The number of hydrogen-bond acceptors (Lipinski definition) is 6. The number of hydrogen-bond donors (Lipinski definition) is 2. The molecule has 0 heterocycles. The van der Waals surface area contributed by atoms with Crippen molar-refractivity contribution in [1.29, 1.82) is 0 Å². The van der Waals surface area contributed by atoms with Gasteiger partial charge in [-0.05, 0) is 37.4 Å². The fourth-order valence-electron chi connectivity index (χ4n) is 2.13. The number of halogens is 2. The number of esters is 1. The van der Waals surface area contributed by atoms with Crippen molar-refractivity contribution in [3.8, 4) is 5.75 Å². The summed E-state index contributed by atoms with van der Waals surface area (Å²) in [6.45, 7) is -0.841. The summed E-state index contributed by atoms with van der Waals surface area (Å²) in [4.78, 5) is 23.6. The second-order valence-electron chi connectivity index (χ2n) is 5.29. The van der Waals surface area contributed by atoms with Crippen molar-refractivity contribution in [2.45, 2.75) is 4.90 Å². The first-order valence-corrected chi connectivity index (χ1v) is 9.20. The molecule has 0 fully saturated rings. The van der Waals surface area contributed by atoms with Crippen LogP contribution in [0.15, 0.2) is 41.3 Å². The molecule has 0 atom stereocenters. The summed E-state index contributed by atoms with van der Waals surface area (Å²) in [5.74, 6) is -3.97. The van der Waals surface area contributed by atoms with Gasteiger partial charge in [-0.1, -0.05) is 6.07 Å². The van der Waals surface area contributed by atoms with E-state index in [0.29, 0.717) is 0 Å². The number of carbonyl (C=O) groups is 2. The van der Waals surface area contributed by atoms with Gasteiger partial charge in [-0.2, -0.15) is 0 Å². The van der Waals surface area contributed by atoms with E-state index in [1.165, 1.54) is 26.3 Å². The van der Waals surface area contributed by atoms with Gasteiger partial charge in [-0.3, -0.25) is 4.79 Å². The van der Waals surface area contributed by atoms with Crippen LogP contribution in [0.25, 0.3) is 0 Å². The van der Waals surface area contributed by atoms with Crippen LogP contribution in [0.1, 0.15) is 10.4 Å². The number of methoxy groups -OCH3 is 1. The van der Waals surface area contributed by atoms with E-state index in [1.807, 2.05) is 5.32 Å². The van der Waals surface area contributed by atoms with Crippen LogP contribution in [-0.4, -0.2) is 41.1 Å². The Hall–Kier alpha value is -3.05. The van der Waals surface area contributed by atoms with Crippen molar-refractivity contribution < 1.29 is 36.3 Å². The molecule has 0 unspecified atom stereocenters. The van der Waals surface area contributed by atoms with Crippen LogP contribution in [0.5, 0.6) is 5.75 Å². The van der Waals surface area contributed by atoms with Gasteiger partial charge in [0, 0.05) is 0 Å². The van der Waals surface area contributed by atoms with E-state index in [4.69, 9.17) is 9.47 Å². The third-order valence-electron chi connectivity index (χ3n) is 3.52. The molecular formula is C17H16F2N2O6S. The molecule has 0 saturated heterocycles. The van der Waals surface area contributed by atoms with Gasteiger partial charge in [0.15, 0.2) is 6.61 Å². The van der Waals surface area contributed by atoms with Gasteiger partial charge < -0.3 is 14.8 Å². The normalized spacial score (nSPS) is 11.0. The quantitative estimate of drug-likeness (QED) is 0.667. The molecule has 150 valence electrons. The van der Waals surface area contributed by atoms with E-state index in [1.54, 1.807) is 0 Å². The largest absolute Gasteiger partial charge is 0.495 e. The average Bonchev–Trinajstić information content (AvgIpc) is 2.68. The van der Waals surface area contributed by atoms with E-state index in [9.17, 15) is 26.8 Å². The van der Waals surface area contributed by atoms with Gasteiger partial charge in [0.25, 0.3) is 5.91 Å². The molecule has 0 aliphatic carbocycles. The first kappa shape index (κ1) is 21.3. The number of sulfonamides is 1. The Bertz CT molecular complexity index is 990. The first-order chi connectivity index (χ1) is 13.2. The Morgan fingerprint density at radius 2 is 1.75 bits per heavy atom. The Morgan fingerprint density at radius 1 is 1.11 bits per heavy atom. The summed E-state index contributed by atoms with van der Waals surface area (Å²) in [5, 5.41) is 1.96. The molecule has 0 aliphatic rings. The van der Waals surface area contributed by atoms with Crippen LogP contribution < -0.4 is 14.8 Å². The fourth-order valence-corrected chi connectivity index (χ4v) is 3.05. The molecule has 11 heteroatoms. The highest BCUT2D eigenvalue weighted by Crippen LogP contribution is 2.25. The summed E-state index contributed by atoms with van der Waals surface area (Å²) in [6.07, 6.45) is 0. The molecule has 28 heavy (non-hydrogen) atoms. The zero-order chi connectivity index (χ0) is 20.9. The van der Waals surface area contributed by atoms with Gasteiger partial charge in [0.05, 0.1) is 12.7 Å². The minimum absolute atomic E-state index is 0.00123. The van der Waals surface area contributed by atoms with Crippen LogP contribution in [0.4, 0.5) is 14.5 Å². The van der Waals surface area contributed by atoms with Crippen molar-refractivity contribution >= 4 is 27.6 Å². The molecule has 0 aliphatic heterocycles. The van der Waals surface area contributed by atoms with E-state index < -0.39 is 45.8 Å². The summed E-state index contributed by atoms with van der Waals surface area (Å²) in [6, 6.07) is 6.53. The number of amides is 1. The number of benzene rings is 2. The summed E-state index contributed by atoms with van der Waals surface area (Å²) in [5.41, 5.74) is -0.838. The Morgan fingerprint density at radius 3 is 2.32 bits per heavy atom. The molecule has 0 radical (unpaired) electrons. The molecule has 0 bridgehead atoms. The summed E-state index contributed by atoms with van der Waals surface area (Å²) >= 11 is 0. The van der Waals surface area contributed by atoms with Gasteiger partial charge in [-0.25, -0.2) is 26.7 Å². The molecule has 1 amide bonds. The maximum absolute atomic E-state index is 13.5. The molecule has 0 spiro atoms. The van der Waals surface area contributed by atoms with Crippen molar-refractivity contribution in [2.75, 3.05) is 26.1 Å². The molecule has 2 N–H and O–H groups in total. The van der Waals surface area contributed by atoms with E-state index in [2.05, 4.69) is 4.72 Å². The van der Waals surface area contributed by atoms with Crippen molar-refractivity contribution in [1.82, 2.24) is 4.72 Å². The molecule has 0 saturated carbocycles. The number of nitrogens with one attached hydrogen (secondary N) is 2. The Balaban J connectivity index is 2.11. The number of rotatable bonds is 7. The monoisotopic (exact) mass is 414 g/mol. The van der Waals surface area contributed by atoms with Crippen molar-refractivity contribution in [3.63, 3.8) is 0 Å². The van der Waals surface area contributed by atoms with E-state index in [-0.39, 0.29) is 16.2 Å². The minimum Gasteiger partial charge on any atom is -0.495 e. The predicted octanol–water partition coefficient (Wildman–Crippen LogP) is 1.68. The highest BCUT2D eigenvalue weighted by molar-refractivity contribution is 7.89. The summed E-state index contributed by atoms with van der Waals surface area (Å²) < 4.78 is 62.8. The lowest BCUT2D eigenvalue weighted by molar-refractivity contribution is -0.119. The van der Waals surface area contributed by atoms with Crippen molar-refractivity contribution in [2.24, 2.45) is 0 Å². The Labute approximate surface area is 159 Å². The fraction of sp³-hybridized carbons (Fsp3) is 0.176. The standard InChI is InChI=1S/C17H16F2N2O6S/c1-20-28(24,25)14-8-10(6-7-13(14)26-2)17(23)27-9-15(22)21-16-11(18)4-3-5-12(16)19/h3-8,20H,9H2,1-2H3,(H,21,22). The lowest BCUT2D eigenvalue weighted by Crippen LogP contribution is -2.23. The van der Waals surface area contributed by atoms with E-state index in [0.717, 1.165) is 24.3 Å². The molecule has 2 rings (SSSR count). The first-order valence-electron chi connectivity index (χ1n) is 7.72. The van der Waals surface area contributed by atoms with Crippen LogP contribution in [-0.2, 0) is 19.6 Å². The number of anilines is 1.